The van der Waals surface area contributed by atoms with Crippen LogP contribution in [0.4, 0.5) is 0 Å². The van der Waals surface area contributed by atoms with Gasteiger partial charge in [0.15, 0.2) is 0 Å². The summed E-state index contributed by atoms with van der Waals surface area (Å²) in [5.41, 5.74) is 11.2. The van der Waals surface area contributed by atoms with Crippen LogP contribution in [0.25, 0.3) is 88.1 Å². The fourth-order valence-electron chi connectivity index (χ4n) is 7.45. The van der Waals surface area contributed by atoms with Crippen molar-refractivity contribution in [2.24, 2.45) is 0 Å². The van der Waals surface area contributed by atoms with Gasteiger partial charge >= 0.3 is 0 Å². The minimum Gasteiger partial charge on any atom is -0.456 e. The van der Waals surface area contributed by atoms with Crippen molar-refractivity contribution in [3.8, 4) is 22.5 Å². The Morgan fingerprint density at radius 3 is 1.71 bits per heavy atom. The summed E-state index contributed by atoms with van der Waals surface area (Å²) in [6.45, 7) is 0. The molecule has 45 heavy (non-hydrogen) atoms. The van der Waals surface area contributed by atoms with E-state index in [0.717, 1.165) is 38.9 Å². The van der Waals surface area contributed by atoms with Gasteiger partial charge in [-0.25, -0.2) is 0 Å². The highest BCUT2D eigenvalue weighted by Gasteiger charge is 2.22. The molecule has 0 spiro atoms. The van der Waals surface area contributed by atoms with Crippen LogP contribution in [0.3, 0.4) is 0 Å². The van der Waals surface area contributed by atoms with Gasteiger partial charge in [-0.3, -0.25) is 0 Å². The molecule has 0 N–H and O–H groups in total. The Balaban J connectivity index is 1.39. The molecule has 0 aliphatic heterocycles. The molecule has 10 aromatic rings. The zero-order valence-corrected chi connectivity index (χ0v) is 24.3. The van der Waals surface area contributed by atoms with E-state index < -0.39 is 0 Å². The Morgan fingerprint density at radius 2 is 0.933 bits per heavy atom. The first kappa shape index (κ1) is 24.4. The molecule has 3 heterocycles. The lowest BCUT2D eigenvalue weighted by molar-refractivity contribution is 0.669. The third-order valence-electron chi connectivity index (χ3n) is 9.31. The van der Waals surface area contributed by atoms with Gasteiger partial charge in [0, 0.05) is 43.7 Å². The quantitative estimate of drug-likeness (QED) is 0.206. The topological polar surface area (TPSA) is 23.0 Å². The summed E-state index contributed by atoms with van der Waals surface area (Å²) >= 11 is 0. The average Bonchev–Trinajstić information content (AvgIpc) is 3.76. The minimum atomic E-state index is 0.906. The van der Waals surface area contributed by atoms with Crippen LogP contribution < -0.4 is 0 Å². The lowest BCUT2D eigenvalue weighted by Crippen LogP contribution is -1.94. The molecule has 0 fully saturated rings. The van der Waals surface area contributed by atoms with Crippen LogP contribution in [0, 0.1) is 0 Å². The van der Waals surface area contributed by atoms with Gasteiger partial charge in [-0.1, -0.05) is 91.0 Å². The molecule has 0 amide bonds. The molecule has 0 aliphatic carbocycles. The molecule has 210 valence electrons. The molecular weight excluding hydrogens is 548 g/mol. The van der Waals surface area contributed by atoms with E-state index in [4.69, 9.17) is 4.42 Å². The maximum Gasteiger partial charge on any atom is 0.136 e. The Kier molecular flexibility index (Phi) is 5.00. The van der Waals surface area contributed by atoms with Crippen LogP contribution in [-0.4, -0.2) is 9.13 Å². The molecular formula is C42H26N2O. The molecule has 7 aromatic carbocycles. The Bertz CT molecular complexity index is 2740. The number of para-hydroxylation sites is 4. The van der Waals surface area contributed by atoms with Crippen molar-refractivity contribution in [2.45, 2.75) is 0 Å². The number of rotatable bonds is 3. The van der Waals surface area contributed by atoms with E-state index >= 15 is 0 Å². The second-order valence-corrected chi connectivity index (χ2v) is 11.7. The van der Waals surface area contributed by atoms with E-state index in [1.807, 2.05) is 12.1 Å². The first-order valence-electron chi connectivity index (χ1n) is 15.4. The molecule has 0 saturated heterocycles. The van der Waals surface area contributed by atoms with Crippen LogP contribution in [0.5, 0.6) is 0 Å². The molecule has 0 radical (unpaired) electrons. The third kappa shape index (κ3) is 3.41. The first-order valence-corrected chi connectivity index (χ1v) is 15.4. The van der Waals surface area contributed by atoms with Gasteiger partial charge in [-0.2, -0.15) is 0 Å². The zero-order valence-electron chi connectivity index (χ0n) is 24.3. The monoisotopic (exact) mass is 574 g/mol. The molecule has 10 rings (SSSR count). The average molecular weight is 575 g/mol. The Hall–Kier alpha value is -6.06. The van der Waals surface area contributed by atoms with Crippen LogP contribution in [0.1, 0.15) is 0 Å². The van der Waals surface area contributed by atoms with E-state index in [1.165, 1.54) is 49.2 Å². The van der Waals surface area contributed by atoms with Crippen LogP contribution in [0.2, 0.25) is 0 Å². The lowest BCUT2D eigenvalue weighted by Gasteiger charge is -2.09. The highest BCUT2D eigenvalue weighted by molar-refractivity contribution is 6.31. The van der Waals surface area contributed by atoms with Gasteiger partial charge in [0.2, 0.25) is 0 Å². The molecule has 0 saturated carbocycles. The number of furan rings is 1. The van der Waals surface area contributed by atoms with Crippen molar-refractivity contribution in [2.75, 3.05) is 0 Å². The molecule has 3 nitrogen and oxygen atoms in total. The Morgan fingerprint density at radius 1 is 0.356 bits per heavy atom. The number of fused-ring (bicyclic) bond motifs is 10. The number of nitrogens with zero attached hydrogens (tertiary/aromatic N) is 2. The van der Waals surface area contributed by atoms with Crippen molar-refractivity contribution in [3.05, 3.63) is 158 Å². The van der Waals surface area contributed by atoms with Crippen molar-refractivity contribution >= 4 is 65.6 Å². The Labute approximate surface area is 258 Å². The van der Waals surface area contributed by atoms with Gasteiger partial charge in [-0.15, -0.1) is 0 Å². The molecule has 0 unspecified atom stereocenters. The van der Waals surface area contributed by atoms with Crippen LogP contribution >= 0.6 is 0 Å². The molecule has 0 bridgehead atoms. The number of hydrogen-bond donors (Lipinski definition) is 0. The van der Waals surface area contributed by atoms with Crippen molar-refractivity contribution < 1.29 is 4.42 Å². The predicted molar refractivity (Wildman–Crippen MR) is 188 cm³/mol. The standard InChI is InChI=1S/C42H26N2O/c1-3-12-28(13-4-1)43-34-19-9-7-17-33(34)41-36(43)24-25-37-42(41)40-30(18-11-20-35(40)44(37)29-14-5-2-6-15-29)27-22-23-32-31-16-8-10-21-38(31)45-39(32)26-27/h1-26H. The van der Waals surface area contributed by atoms with Crippen molar-refractivity contribution in [3.63, 3.8) is 0 Å². The zero-order chi connectivity index (χ0) is 29.5. The summed E-state index contributed by atoms with van der Waals surface area (Å²) in [7, 11) is 0. The van der Waals surface area contributed by atoms with Crippen LogP contribution in [-0.2, 0) is 0 Å². The summed E-state index contributed by atoms with van der Waals surface area (Å²) in [5.74, 6) is 0. The van der Waals surface area contributed by atoms with E-state index in [-0.39, 0.29) is 0 Å². The van der Waals surface area contributed by atoms with Crippen molar-refractivity contribution in [1.29, 1.82) is 0 Å². The van der Waals surface area contributed by atoms with Gasteiger partial charge in [0.25, 0.3) is 0 Å². The third-order valence-corrected chi connectivity index (χ3v) is 9.31. The summed E-state index contributed by atoms with van der Waals surface area (Å²) in [5, 5.41) is 7.31. The summed E-state index contributed by atoms with van der Waals surface area (Å²) in [4.78, 5) is 0. The van der Waals surface area contributed by atoms with Gasteiger partial charge in [-0.05, 0) is 77.9 Å². The highest BCUT2D eigenvalue weighted by Crippen LogP contribution is 2.45. The fourth-order valence-corrected chi connectivity index (χ4v) is 7.45. The van der Waals surface area contributed by atoms with Gasteiger partial charge in [0.05, 0.1) is 22.1 Å². The summed E-state index contributed by atoms with van der Waals surface area (Å²) in [6, 6.07) is 56.4. The normalized spacial score (nSPS) is 12.0. The number of benzene rings is 7. The fraction of sp³-hybridized carbons (Fsp3) is 0. The smallest absolute Gasteiger partial charge is 0.136 e. The minimum absolute atomic E-state index is 0.906. The van der Waals surface area contributed by atoms with E-state index in [0.29, 0.717) is 0 Å². The van der Waals surface area contributed by atoms with Gasteiger partial charge in [0.1, 0.15) is 11.2 Å². The number of hydrogen-bond acceptors (Lipinski definition) is 1. The van der Waals surface area contributed by atoms with E-state index in [2.05, 4.69) is 155 Å². The summed E-state index contributed by atoms with van der Waals surface area (Å²) in [6.07, 6.45) is 0. The number of aromatic nitrogens is 2. The van der Waals surface area contributed by atoms with Crippen LogP contribution in [0.15, 0.2) is 162 Å². The lowest BCUT2D eigenvalue weighted by atomic mass is 9.96. The predicted octanol–water partition coefficient (Wildman–Crippen LogP) is 11.4. The summed E-state index contributed by atoms with van der Waals surface area (Å²) < 4.78 is 11.2. The molecule has 0 aliphatic rings. The van der Waals surface area contributed by atoms with E-state index in [9.17, 15) is 0 Å². The highest BCUT2D eigenvalue weighted by atomic mass is 16.3. The molecule has 3 aromatic heterocycles. The maximum absolute atomic E-state index is 6.36. The van der Waals surface area contributed by atoms with Gasteiger partial charge < -0.3 is 13.6 Å². The second kappa shape index (κ2) is 9.22. The maximum atomic E-state index is 6.36. The SMILES string of the molecule is c1ccc(-n2c3ccccc3c3c4c5c(-c6ccc7c(c6)oc6ccccc67)cccc5n(-c5ccccc5)c4ccc32)cc1. The largest absolute Gasteiger partial charge is 0.456 e. The molecule has 0 atom stereocenters. The van der Waals surface area contributed by atoms with Crippen molar-refractivity contribution in [1.82, 2.24) is 9.13 Å². The first-order chi connectivity index (χ1) is 22.3. The molecule has 3 heteroatoms. The van der Waals surface area contributed by atoms with E-state index in [1.54, 1.807) is 0 Å². The second-order valence-electron chi connectivity index (χ2n) is 11.7.